The van der Waals surface area contributed by atoms with Gasteiger partial charge < -0.3 is 19.9 Å². The summed E-state index contributed by atoms with van der Waals surface area (Å²) in [4.78, 5) is 18.0. The van der Waals surface area contributed by atoms with E-state index >= 15 is 0 Å². The molecule has 5 nitrogen and oxygen atoms in total. The highest BCUT2D eigenvalue weighted by atomic mass is 35.5. The Bertz CT molecular complexity index is 943. The minimum Gasteiger partial charge on any atom is -0.365 e. The monoisotopic (exact) mass is 431 g/mol. The van der Waals surface area contributed by atoms with Gasteiger partial charge in [-0.3, -0.25) is 4.79 Å². The molecule has 0 atom stereocenters. The van der Waals surface area contributed by atoms with Gasteiger partial charge in [-0.15, -0.1) is 0 Å². The van der Waals surface area contributed by atoms with Crippen LogP contribution in [0, 0.1) is 0 Å². The second-order valence-electron chi connectivity index (χ2n) is 7.99. The van der Waals surface area contributed by atoms with E-state index in [9.17, 15) is 4.79 Å². The van der Waals surface area contributed by atoms with Crippen molar-refractivity contribution in [1.82, 2.24) is 5.32 Å². The molecule has 2 aromatic rings. The number of amides is 1. The largest absolute Gasteiger partial charge is 0.365 e. The van der Waals surface area contributed by atoms with Crippen molar-refractivity contribution in [3.63, 3.8) is 0 Å². The van der Waals surface area contributed by atoms with Crippen LogP contribution in [0.2, 0.25) is 10.0 Å². The molecule has 2 aromatic carbocycles. The Hall–Kier alpha value is -1.79. The first-order chi connectivity index (χ1) is 14.1. The Morgan fingerprint density at radius 3 is 2.55 bits per heavy atom. The third kappa shape index (κ3) is 3.50. The Morgan fingerprint density at radius 2 is 1.86 bits per heavy atom. The van der Waals surface area contributed by atoms with Crippen molar-refractivity contribution in [2.75, 3.05) is 36.0 Å². The summed E-state index contributed by atoms with van der Waals surface area (Å²) in [7, 11) is 0. The summed E-state index contributed by atoms with van der Waals surface area (Å²) in [5, 5.41) is 4.40. The molecule has 29 heavy (non-hydrogen) atoms. The second kappa shape index (κ2) is 7.47. The first-order valence-electron chi connectivity index (χ1n) is 10.0. The van der Waals surface area contributed by atoms with Crippen LogP contribution in [0.15, 0.2) is 42.5 Å². The van der Waals surface area contributed by atoms with Gasteiger partial charge in [0, 0.05) is 42.3 Å². The number of hydrogen-bond donors (Lipinski definition) is 1. The zero-order chi connectivity index (χ0) is 20.0. The minimum absolute atomic E-state index is 0.0114. The molecule has 0 unspecified atom stereocenters. The number of halogens is 2. The highest BCUT2D eigenvalue weighted by molar-refractivity contribution is 6.33. The van der Waals surface area contributed by atoms with Crippen molar-refractivity contribution in [2.45, 2.75) is 31.1 Å². The highest BCUT2D eigenvalue weighted by Crippen LogP contribution is 2.41. The van der Waals surface area contributed by atoms with E-state index in [4.69, 9.17) is 27.9 Å². The van der Waals surface area contributed by atoms with E-state index in [2.05, 4.69) is 16.3 Å². The molecule has 5 rings (SSSR count). The summed E-state index contributed by atoms with van der Waals surface area (Å²) in [6.45, 7) is 2.77. The van der Waals surface area contributed by atoms with Crippen LogP contribution in [0.4, 0.5) is 11.4 Å². The first kappa shape index (κ1) is 19.2. The predicted octanol–water partition coefficient (Wildman–Crippen LogP) is 3.87. The van der Waals surface area contributed by atoms with Crippen LogP contribution in [0.3, 0.4) is 0 Å². The number of nitrogens with one attached hydrogen (secondary N) is 1. The zero-order valence-corrected chi connectivity index (χ0v) is 17.5. The van der Waals surface area contributed by atoms with Gasteiger partial charge in [0.1, 0.15) is 0 Å². The second-order valence-corrected chi connectivity index (χ2v) is 8.84. The third-order valence-electron chi connectivity index (χ3n) is 6.00. The van der Waals surface area contributed by atoms with Crippen LogP contribution >= 0.6 is 23.2 Å². The molecule has 0 aromatic heterocycles. The van der Waals surface area contributed by atoms with Crippen LogP contribution in [-0.4, -0.2) is 43.7 Å². The van der Waals surface area contributed by atoms with Crippen molar-refractivity contribution in [1.29, 1.82) is 0 Å². The predicted molar refractivity (Wildman–Crippen MR) is 116 cm³/mol. The summed E-state index contributed by atoms with van der Waals surface area (Å²) in [5.41, 5.74) is 2.04. The zero-order valence-electron chi connectivity index (χ0n) is 16.0. The summed E-state index contributed by atoms with van der Waals surface area (Å²) in [6, 6.07) is 14.1. The molecule has 7 heteroatoms. The van der Waals surface area contributed by atoms with E-state index in [-0.39, 0.29) is 12.5 Å². The topological polar surface area (TPSA) is 44.8 Å². The van der Waals surface area contributed by atoms with Gasteiger partial charge in [-0.2, -0.15) is 0 Å². The SMILES string of the molecule is O=C(N1CCN(C2CC2)c2ccccc21)C1(OCc2cc(Cl)ccc2Cl)CNC1. The van der Waals surface area contributed by atoms with E-state index in [1.807, 2.05) is 23.1 Å². The maximum atomic E-state index is 13.6. The van der Waals surface area contributed by atoms with Crippen molar-refractivity contribution < 1.29 is 9.53 Å². The van der Waals surface area contributed by atoms with E-state index in [1.165, 1.54) is 12.8 Å². The lowest BCUT2D eigenvalue weighted by atomic mass is 9.93. The summed E-state index contributed by atoms with van der Waals surface area (Å²) < 4.78 is 6.19. The Balaban J connectivity index is 1.38. The van der Waals surface area contributed by atoms with Gasteiger partial charge in [-0.25, -0.2) is 0 Å². The third-order valence-corrected chi connectivity index (χ3v) is 6.61. The molecule has 0 spiro atoms. The molecule has 0 bridgehead atoms. The lowest BCUT2D eigenvalue weighted by Crippen LogP contribution is -2.70. The normalized spacial score (nSPS) is 20.2. The van der Waals surface area contributed by atoms with Gasteiger partial charge in [0.2, 0.25) is 0 Å². The van der Waals surface area contributed by atoms with E-state index in [1.54, 1.807) is 18.2 Å². The van der Waals surface area contributed by atoms with Crippen molar-refractivity contribution >= 4 is 40.5 Å². The molecule has 1 saturated heterocycles. The molecule has 2 fully saturated rings. The molecule has 1 saturated carbocycles. The molecule has 1 aliphatic carbocycles. The average molecular weight is 432 g/mol. The number of fused-ring (bicyclic) bond motifs is 1. The minimum atomic E-state index is -0.874. The number of para-hydroxylation sites is 2. The molecule has 2 heterocycles. The number of carbonyl (C=O) groups is 1. The van der Waals surface area contributed by atoms with Gasteiger partial charge in [0.15, 0.2) is 5.60 Å². The summed E-state index contributed by atoms with van der Waals surface area (Å²) in [6.07, 6.45) is 2.47. The highest BCUT2D eigenvalue weighted by Gasteiger charge is 2.49. The number of anilines is 2. The van der Waals surface area contributed by atoms with Gasteiger partial charge in [-0.05, 0) is 48.7 Å². The average Bonchev–Trinajstić information content (AvgIpc) is 3.54. The molecule has 152 valence electrons. The summed E-state index contributed by atoms with van der Waals surface area (Å²) >= 11 is 12.4. The fourth-order valence-corrected chi connectivity index (χ4v) is 4.51. The standard InChI is InChI=1S/C22H23Cl2N3O2/c23-16-5-8-18(24)15(11-16)12-29-22(13-25-14-22)21(28)27-10-9-26(17-6-7-17)19-3-1-2-4-20(19)27/h1-5,8,11,17,25H,6-7,9-10,12-14H2. The fourth-order valence-electron chi connectivity index (χ4n) is 4.14. The molecule has 1 amide bonds. The molecular formula is C22H23Cl2N3O2. The number of nitrogens with zero attached hydrogens (tertiary/aromatic N) is 2. The van der Waals surface area contributed by atoms with Crippen molar-refractivity contribution in [3.05, 3.63) is 58.1 Å². The fraction of sp³-hybridized carbons (Fsp3) is 0.409. The molecular weight excluding hydrogens is 409 g/mol. The quantitative estimate of drug-likeness (QED) is 0.780. The van der Waals surface area contributed by atoms with E-state index < -0.39 is 5.60 Å². The molecule has 1 N–H and O–H groups in total. The smallest absolute Gasteiger partial charge is 0.262 e. The van der Waals surface area contributed by atoms with Crippen LogP contribution in [0.1, 0.15) is 18.4 Å². The van der Waals surface area contributed by atoms with Crippen LogP contribution in [0.5, 0.6) is 0 Å². The maximum Gasteiger partial charge on any atom is 0.262 e. The Morgan fingerprint density at radius 1 is 1.10 bits per heavy atom. The van der Waals surface area contributed by atoms with Gasteiger partial charge >= 0.3 is 0 Å². The Labute approximate surface area is 180 Å². The van der Waals surface area contributed by atoms with Crippen molar-refractivity contribution in [2.24, 2.45) is 0 Å². The van der Waals surface area contributed by atoms with Crippen LogP contribution in [-0.2, 0) is 16.1 Å². The maximum absolute atomic E-state index is 13.6. The lowest BCUT2D eigenvalue weighted by Gasteiger charge is -2.46. The van der Waals surface area contributed by atoms with Crippen LogP contribution in [0.25, 0.3) is 0 Å². The summed E-state index contributed by atoms with van der Waals surface area (Å²) in [5.74, 6) is 0.0114. The lowest BCUT2D eigenvalue weighted by molar-refractivity contribution is -0.154. The van der Waals surface area contributed by atoms with Gasteiger partial charge in [0.05, 0.1) is 18.0 Å². The first-order valence-corrected chi connectivity index (χ1v) is 10.8. The molecule has 3 aliphatic rings. The van der Waals surface area contributed by atoms with Crippen LogP contribution < -0.4 is 15.1 Å². The van der Waals surface area contributed by atoms with Gasteiger partial charge in [0.25, 0.3) is 5.91 Å². The molecule has 0 radical (unpaired) electrons. The number of ether oxygens (including phenoxy) is 1. The van der Waals surface area contributed by atoms with Crippen molar-refractivity contribution in [3.8, 4) is 0 Å². The Kier molecular flexibility index (Phi) is 4.95. The number of rotatable bonds is 5. The number of benzene rings is 2. The van der Waals surface area contributed by atoms with E-state index in [0.29, 0.717) is 35.7 Å². The number of hydrogen-bond acceptors (Lipinski definition) is 4. The van der Waals surface area contributed by atoms with E-state index in [0.717, 1.165) is 23.5 Å². The van der Waals surface area contributed by atoms with Gasteiger partial charge in [-0.1, -0.05) is 35.3 Å². The molecule has 2 aliphatic heterocycles. The number of carbonyl (C=O) groups excluding carboxylic acids is 1.